The summed E-state index contributed by atoms with van der Waals surface area (Å²) >= 11 is 0. The lowest BCUT2D eigenvalue weighted by Gasteiger charge is -2.14. The summed E-state index contributed by atoms with van der Waals surface area (Å²) in [5.41, 5.74) is 0. The van der Waals surface area contributed by atoms with E-state index in [1.807, 2.05) is 19.3 Å². The summed E-state index contributed by atoms with van der Waals surface area (Å²) in [7, 11) is 1.87. The number of aromatic nitrogens is 2. The highest BCUT2D eigenvalue weighted by atomic mass is 16.4. The maximum absolute atomic E-state index is 10.5. The number of nitrogens with one attached hydrogen (secondary N) is 1. The Kier molecular flexibility index (Phi) is 2.49. The van der Waals surface area contributed by atoms with E-state index in [0.29, 0.717) is 6.54 Å². The molecule has 2 heterocycles. The van der Waals surface area contributed by atoms with Crippen LogP contribution in [0.2, 0.25) is 0 Å². The van der Waals surface area contributed by atoms with E-state index < -0.39 is 6.09 Å². The van der Waals surface area contributed by atoms with Crippen molar-refractivity contribution in [2.45, 2.75) is 12.5 Å². The molecule has 1 atom stereocenters. The number of carboxylic acid groups (broad SMARTS) is 1. The van der Waals surface area contributed by atoms with Crippen molar-refractivity contribution in [3.8, 4) is 0 Å². The Balaban J connectivity index is 1.95. The molecule has 1 aromatic rings. The summed E-state index contributed by atoms with van der Waals surface area (Å²) in [5, 5.41) is 15.3. The van der Waals surface area contributed by atoms with Crippen molar-refractivity contribution in [1.29, 1.82) is 0 Å². The van der Waals surface area contributed by atoms with Crippen molar-refractivity contribution in [1.82, 2.24) is 15.1 Å². The van der Waals surface area contributed by atoms with E-state index in [1.165, 1.54) is 0 Å². The van der Waals surface area contributed by atoms with E-state index in [2.05, 4.69) is 15.3 Å². The predicted octanol–water partition coefficient (Wildman–Crippen LogP) is 0.266. The number of carbonyl (C=O) groups is 1. The van der Waals surface area contributed by atoms with Gasteiger partial charge in [-0.1, -0.05) is 0 Å². The first-order valence-electron chi connectivity index (χ1n) is 4.89. The lowest BCUT2D eigenvalue weighted by atomic mass is 10.3. The topological polar surface area (TPSA) is 70.4 Å². The minimum atomic E-state index is -0.956. The molecule has 0 radical (unpaired) electrons. The van der Waals surface area contributed by atoms with Crippen LogP contribution in [0.4, 0.5) is 10.6 Å². The standard InChI is InChI=1S/C9H14N4O2/c1-12-4-3-8(11-12)13-5-2-7(6-13)10-9(14)15/h3-4,7,10H,2,5-6H2,1H3,(H,14,15)/t7-/m1/s1. The van der Waals surface area contributed by atoms with Crippen molar-refractivity contribution in [3.63, 3.8) is 0 Å². The number of aryl methyl sites for hydroxylation is 1. The molecule has 15 heavy (non-hydrogen) atoms. The number of nitrogens with zero attached hydrogens (tertiary/aromatic N) is 3. The monoisotopic (exact) mass is 210 g/mol. The van der Waals surface area contributed by atoms with Crippen LogP contribution in [0.25, 0.3) is 0 Å². The Bertz CT molecular complexity index is 363. The molecule has 1 aromatic heterocycles. The molecule has 0 saturated carbocycles. The van der Waals surface area contributed by atoms with Gasteiger partial charge in [0.05, 0.1) is 6.04 Å². The van der Waals surface area contributed by atoms with Gasteiger partial charge >= 0.3 is 6.09 Å². The molecule has 0 aromatic carbocycles. The molecule has 6 heteroatoms. The molecule has 82 valence electrons. The van der Waals surface area contributed by atoms with E-state index in [1.54, 1.807) is 4.68 Å². The summed E-state index contributed by atoms with van der Waals surface area (Å²) in [6.07, 6.45) is 1.76. The molecule has 0 aliphatic carbocycles. The van der Waals surface area contributed by atoms with E-state index >= 15 is 0 Å². The lowest BCUT2D eigenvalue weighted by Crippen LogP contribution is -2.36. The maximum Gasteiger partial charge on any atom is 0.404 e. The minimum absolute atomic E-state index is 0.0181. The molecule has 0 unspecified atom stereocenters. The van der Waals surface area contributed by atoms with Gasteiger partial charge in [0.25, 0.3) is 0 Å². The molecule has 1 fully saturated rings. The molecule has 6 nitrogen and oxygen atoms in total. The van der Waals surface area contributed by atoms with E-state index in [4.69, 9.17) is 5.11 Å². The summed E-state index contributed by atoms with van der Waals surface area (Å²) in [4.78, 5) is 12.5. The molecule has 1 aliphatic heterocycles. The average Bonchev–Trinajstić information content (AvgIpc) is 2.72. The fourth-order valence-electron chi connectivity index (χ4n) is 1.83. The maximum atomic E-state index is 10.5. The first-order valence-corrected chi connectivity index (χ1v) is 4.89. The summed E-state index contributed by atoms with van der Waals surface area (Å²) in [5.74, 6) is 0.909. The first kappa shape index (κ1) is 9.82. The Morgan fingerprint density at radius 2 is 2.53 bits per heavy atom. The second-order valence-electron chi connectivity index (χ2n) is 3.73. The van der Waals surface area contributed by atoms with Crippen LogP contribution in [0.5, 0.6) is 0 Å². The zero-order chi connectivity index (χ0) is 10.8. The van der Waals surface area contributed by atoms with Crippen LogP contribution in [-0.2, 0) is 7.05 Å². The van der Waals surface area contributed by atoms with Crippen LogP contribution in [0.1, 0.15) is 6.42 Å². The number of amides is 1. The number of rotatable bonds is 2. The molecule has 1 aliphatic rings. The number of hydrogen-bond donors (Lipinski definition) is 2. The Morgan fingerprint density at radius 1 is 1.73 bits per heavy atom. The molecule has 1 saturated heterocycles. The molecule has 2 rings (SSSR count). The predicted molar refractivity (Wildman–Crippen MR) is 55.0 cm³/mol. The van der Waals surface area contributed by atoms with Crippen LogP contribution in [0, 0.1) is 0 Å². The lowest BCUT2D eigenvalue weighted by molar-refractivity contribution is 0.191. The smallest absolute Gasteiger partial charge is 0.404 e. The van der Waals surface area contributed by atoms with Crippen molar-refractivity contribution in [3.05, 3.63) is 12.3 Å². The molecular weight excluding hydrogens is 196 g/mol. The SMILES string of the molecule is Cn1ccc(N2CC[C@@H](NC(=O)O)C2)n1. The normalized spacial score (nSPS) is 20.6. The van der Waals surface area contributed by atoms with Gasteiger partial charge in [0, 0.05) is 32.4 Å². The zero-order valence-electron chi connectivity index (χ0n) is 8.55. The first-order chi connectivity index (χ1) is 7.15. The van der Waals surface area contributed by atoms with Gasteiger partial charge in [-0.2, -0.15) is 5.10 Å². The van der Waals surface area contributed by atoms with Crippen LogP contribution in [-0.4, -0.2) is 40.1 Å². The van der Waals surface area contributed by atoms with Gasteiger partial charge in [-0.3, -0.25) is 4.68 Å². The highest BCUT2D eigenvalue weighted by molar-refractivity contribution is 5.65. The quantitative estimate of drug-likeness (QED) is 0.735. The minimum Gasteiger partial charge on any atom is -0.465 e. The molecule has 0 bridgehead atoms. The molecule has 1 amide bonds. The van der Waals surface area contributed by atoms with E-state index in [9.17, 15) is 4.79 Å². The van der Waals surface area contributed by atoms with Gasteiger partial charge in [0.1, 0.15) is 0 Å². The third-order valence-corrected chi connectivity index (χ3v) is 2.54. The van der Waals surface area contributed by atoms with Gasteiger partial charge in [0.2, 0.25) is 0 Å². The van der Waals surface area contributed by atoms with Crippen LogP contribution in [0.3, 0.4) is 0 Å². The third-order valence-electron chi connectivity index (χ3n) is 2.54. The van der Waals surface area contributed by atoms with Gasteiger partial charge in [-0.25, -0.2) is 4.79 Å². The highest BCUT2D eigenvalue weighted by Crippen LogP contribution is 2.17. The van der Waals surface area contributed by atoms with Crippen molar-refractivity contribution in [2.75, 3.05) is 18.0 Å². The van der Waals surface area contributed by atoms with Crippen molar-refractivity contribution >= 4 is 11.9 Å². The van der Waals surface area contributed by atoms with E-state index in [-0.39, 0.29) is 6.04 Å². The van der Waals surface area contributed by atoms with E-state index in [0.717, 1.165) is 18.8 Å². The van der Waals surface area contributed by atoms with Gasteiger partial charge < -0.3 is 15.3 Å². The highest BCUT2D eigenvalue weighted by Gasteiger charge is 2.24. The van der Waals surface area contributed by atoms with Crippen LogP contribution < -0.4 is 10.2 Å². The summed E-state index contributed by atoms with van der Waals surface area (Å²) < 4.78 is 1.74. The molecule has 2 N–H and O–H groups in total. The largest absolute Gasteiger partial charge is 0.465 e. The van der Waals surface area contributed by atoms with Gasteiger partial charge in [0.15, 0.2) is 5.82 Å². The fraction of sp³-hybridized carbons (Fsp3) is 0.556. The van der Waals surface area contributed by atoms with Gasteiger partial charge in [-0.15, -0.1) is 0 Å². The summed E-state index contributed by atoms with van der Waals surface area (Å²) in [6, 6.07) is 1.95. The Labute approximate surface area is 87.5 Å². The summed E-state index contributed by atoms with van der Waals surface area (Å²) in [6.45, 7) is 1.55. The van der Waals surface area contributed by atoms with Crippen LogP contribution in [0.15, 0.2) is 12.3 Å². The average molecular weight is 210 g/mol. The zero-order valence-corrected chi connectivity index (χ0v) is 8.55. The molecular formula is C9H14N4O2. The molecule has 0 spiro atoms. The number of anilines is 1. The second kappa shape index (κ2) is 3.80. The number of hydrogen-bond acceptors (Lipinski definition) is 3. The van der Waals surface area contributed by atoms with Crippen molar-refractivity contribution < 1.29 is 9.90 Å². The fourth-order valence-corrected chi connectivity index (χ4v) is 1.83. The third kappa shape index (κ3) is 2.20. The van der Waals surface area contributed by atoms with Crippen molar-refractivity contribution in [2.24, 2.45) is 7.05 Å². The second-order valence-corrected chi connectivity index (χ2v) is 3.73. The van der Waals surface area contributed by atoms with Gasteiger partial charge in [-0.05, 0) is 6.42 Å². The Morgan fingerprint density at radius 3 is 3.13 bits per heavy atom. The Hall–Kier alpha value is -1.72. The van der Waals surface area contributed by atoms with Crippen LogP contribution >= 0.6 is 0 Å².